The predicted octanol–water partition coefficient (Wildman–Crippen LogP) is 5.13. The molecule has 0 aromatic heterocycles. The number of carbonyl (C=O) groups excluding carboxylic acids is 2. The van der Waals surface area contributed by atoms with Crippen LogP contribution in [0, 0.1) is 6.92 Å². The Bertz CT molecular complexity index is 1050. The Kier molecular flexibility index (Phi) is 6.75. The number of anilines is 1. The fourth-order valence-electron chi connectivity index (χ4n) is 2.89. The number of carbonyl (C=O) groups is 2. The van der Waals surface area contributed by atoms with Crippen LogP contribution in [0.5, 0.6) is 0 Å². The molecule has 0 atom stereocenters. The Labute approximate surface area is 176 Å². The van der Waals surface area contributed by atoms with Gasteiger partial charge in [-0.1, -0.05) is 55.8 Å². The van der Waals surface area contributed by atoms with E-state index >= 15 is 0 Å². The molecule has 0 fully saturated rings. The number of aryl methyl sites for hydroxylation is 1. The summed E-state index contributed by atoms with van der Waals surface area (Å²) in [4.78, 5) is 24.6. The van der Waals surface area contributed by atoms with E-state index in [9.17, 15) is 9.59 Å². The molecule has 5 heteroatoms. The molecule has 0 heterocycles. The van der Waals surface area contributed by atoms with Gasteiger partial charge < -0.3 is 5.32 Å². The Hall–Kier alpha value is -3.73. The Morgan fingerprint density at radius 1 is 0.867 bits per heavy atom. The van der Waals surface area contributed by atoms with E-state index in [2.05, 4.69) is 41.8 Å². The summed E-state index contributed by atoms with van der Waals surface area (Å²) in [5.41, 5.74) is 7.37. The summed E-state index contributed by atoms with van der Waals surface area (Å²) in [6, 6.07) is 22.1. The van der Waals surface area contributed by atoms with Crippen LogP contribution in [0.3, 0.4) is 0 Å². The van der Waals surface area contributed by atoms with Gasteiger partial charge in [-0.2, -0.15) is 5.10 Å². The number of amides is 2. The minimum atomic E-state index is -0.318. The normalized spacial score (nSPS) is 10.9. The van der Waals surface area contributed by atoms with Gasteiger partial charge in [0.15, 0.2) is 0 Å². The van der Waals surface area contributed by atoms with Gasteiger partial charge in [-0.25, -0.2) is 5.43 Å². The number of nitrogens with one attached hydrogen (secondary N) is 2. The lowest BCUT2D eigenvalue weighted by atomic mass is 10.0. The molecule has 0 aliphatic heterocycles. The fraction of sp³-hybridized carbons (Fsp3) is 0.160. The number of hydrazone groups is 1. The van der Waals surface area contributed by atoms with Gasteiger partial charge in [-0.05, 0) is 60.4 Å². The fourth-order valence-corrected chi connectivity index (χ4v) is 2.89. The Morgan fingerprint density at radius 3 is 2.20 bits per heavy atom. The van der Waals surface area contributed by atoms with Gasteiger partial charge >= 0.3 is 0 Å². The molecule has 2 N–H and O–H groups in total. The maximum absolute atomic E-state index is 12.3. The van der Waals surface area contributed by atoms with Crippen molar-refractivity contribution in [3.63, 3.8) is 0 Å². The van der Waals surface area contributed by atoms with Crippen LogP contribution in [0.1, 0.15) is 57.2 Å². The first-order valence-electron chi connectivity index (χ1n) is 9.84. The SMILES string of the molecule is Cc1cccc(C(=O)Nc2ccc(C(=O)N/N=C/c3ccc(C(C)C)cc3)cc2)c1. The number of benzene rings is 3. The number of nitrogens with zero attached hydrogens (tertiary/aromatic N) is 1. The van der Waals surface area contributed by atoms with E-state index in [0.717, 1.165) is 11.1 Å². The lowest BCUT2D eigenvalue weighted by Gasteiger charge is -2.07. The monoisotopic (exact) mass is 399 g/mol. The third kappa shape index (κ3) is 5.64. The lowest BCUT2D eigenvalue weighted by Crippen LogP contribution is -2.18. The van der Waals surface area contributed by atoms with Crippen molar-refractivity contribution in [2.45, 2.75) is 26.7 Å². The summed E-state index contributed by atoms with van der Waals surface area (Å²) in [7, 11) is 0. The summed E-state index contributed by atoms with van der Waals surface area (Å²) in [5.74, 6) is -0.0362. The standard InChI is InChI=1S/C25H25N3O2/c1-17(2)20-9-7-19(8-10-20)16-26-28-25(30)21-11-13-23(14-12-21)27-24(29)22-6-4-5-18(3)15-22/h4-17H,1-3H3,(H,27,29)(H,28,30)/b26-16+. The van der Waals surface area contributed by atoms with Crippen LogP contribution in [0.25, 0.3) is 0 Å². The van der Waals surface area contributed by atoms with Gasteiger partial charge in [-0.15, -0.1) is 0 Å². The van der Waals surface area contributed by atoms with Crippen LogP contribution in [-0.4, -0.2) is 18.0 Å². The Morgan fingerprint density at radius 2 is 1.57 bits per heavy atom. The van der Waals surface area contributed by atoms with Crippen molar-refractivity contribution < 1.29 is 9.59 Å². The van der Waals surface area contributed by atoms with E-state index in [4.69, 9.17) is 0 Å². The van der Waals surface area contributed by atoms with Crippen LogP contribution in [-0.2, 0) is 0 Å². The molecule has 0 spiro atoms. The smallest absolute Gasteiger partial charge is 0.271 e. The molecular formula is C25H25N3O2. The molecule has 3 aromatic rings. The Balaban J connectivity index is 1.56. The second-order valence-electron chi connectivity index (χ2n) is 7.42. The topological polar surface area (TPSA) is 70.6 Å². The zero-order valence-electron chi connectivity index (χ0n) is 17.3. The van der Waals surface area contributed by atoms with Gasteiger partial charge in [-0.3, -0.25) is 9.59 Å². The minimum Gasteiger partial charge on any atom is -0.322 e. The van der Waals surface area contributed by atoms with Crippen LogP contribution in [0.4, 0.5) is 5.69 Å². The van der Waals surface area contributed by atoms with Gasteiger partial charge in [0.2, 0.25) is 0 Å². The predicted molar refractivity (Wildman–Crippen MR) is 121 cm³/mol. The molecule has 0 saturated carbocycles. The quantitative estimate of drug-likeness (QED) is 0.445. The summed E-state index contributed by atoms with van der Waals surface area (Å²) < 4.78 is 0. The summed E-state index contributed by atoms with van der Waals surface area (Å²) in [6.07, 6.45) is 1.61. The number of rotatable bonds is 6. The highest BCUT2D eigenvalue weighted by atomic mass is 16.2. The maximum Gasteiger partial charge on any atom is 0.271 e. The van der Waals surface area contributed by atoms with Crippen molar-refractivity contribution in [2.75, 3.05) is 5.32 Å². The molecule has 0 aliphatic carbocycles. The maximum atomic E-state index is 12.3. The van der Waals surface area contributed by atoms with E-state index in [1.165, 1.54) is 5.56 Å². The highest BCUT2D eigenvalue weighted by Crippen LogP contribution is 2.14. The molecule has 3 rings (SSSR count). The van der Waals surface area contributed by atoms with Crippen LogP contribution in [0.2, 0.25) is 0 Å². The van der Waals surface area contributed by atoms with Crippen LogP contribution in [0.15, 0.2) is 77.9 Å². The first-order chi connectivity index (χ1) is 14.4. The molecule has 152 valence electrons. The first kappa shape index (κ1) is 21.0. The van der Waals surface area contributed by atoms with E-state index < -0.39 is 0 Å². The van der Waals surface area contributed by atoms with Crippen molar-refractivity contribution in [1.82, 2.24) is 5.43 Å². The van der Waals surface area contributed by atoms with Gasteiger partial charge in [0.25, 0.3) is 11.8 Å². The average Bonchev–Trinajstić information content (AvgIpc) is 2.74. The molecule has 2 amide bonds. The largest absolute Gasteiger partial charge is 0.322 e. The van der Waals surface area contributed by atoms with Gasteiger partial charge in [0.1, 0.15) is 0 Å². The first-order valence-corrected chi connectivity index (χ1v) is 9.84. The van der Waals surface area contributed by atoms with Gasteiger partial charge in [0.05, 0.1) is 6.21 Å². The zero-order chi connectivity index (χ0) is 21.5. The highest BCUT2D eigenvalue weighted by Gasteiger charge is 2.08. The van der Waals surface area contributed by atoms with Crippen molar-refractivity contribution >= 4 is 23.7 Å². The molecule has 0 bridgehead atoms. The lowest BCUT2D eigenvalue weighted by molar-refractivity contribution is 0.0954. The minimum absolute atomic E-state index is 0.191. The van der Waals surface area contributed by atoms with Gasteiger partial charge in [0, 0.05) is 16.8 Å². The van der Waals surface area contributed by atoms with Crippen LogP contribution >= 0.6 is 0 Å². The highest BCUT2D eigenvalue weighted by molar-refractivity contribution is 6.04. The van der Waals surface area contributed by atoms with E-state index in [-0.39, 0.29) is 11.8 Å². The molecule has 0 unspecified atom stereocenters. The number of hydrogen-bond donors (Lipinski definition) is 2. The number of hydrogen-bond acceptors (Lipinski definition) is 3. The van der Waals surface area contributed by atoms with E-state index in [1.54, 1.807) is 36.5 Å². The van der Waals surface area contributed by atoms with E-state index in [0.29, 0.717) is 22.7 Å². The van der Waals surface area contributed by atoms with E-state index in [1.807, 2.05) is 37.3 Å². The summed E-state index contributed by atoms with van der Waals surface area (Å²) in [6.45, 7) is 6.22. The second kappa shape index (κ2) is 9.65. The van der Waals surface area contributed by atoms with Crippen molar-refractivity contribution in [3.8, 4) is 0 Å². The second-order valence-corrected chi connectivity index (χ2v) is 7.42. The molecule has 30 heavy (non-hydrogen) atoms. The zero-order valence-corrected chi connectivity index (χ0v) is 17.3. The molecule has 5 nitrogen and oxygen atoms in total. The van der Waals surface area contributed by atoms with Crippen molar-refractivity contribution in [2.24, 2.45) is 5.10 Å². The molecular weight excluding hydrogens is 374 g/mol. The summed E-state index contributed by atoms with van der Waals surface area (Å²) >= 11 is 0. The van der Waals surface area contributed by atoms with Crippen molar-refractivity contribution in [3.05, 3.63) is 101 Å². The molecule has 0 aliphatic rings. The van der Waals surface area contributed by atoms with Crippen molar-refractivity contribution in [1.29, 1.82) is 0 Å². The summed E-state index contributed by atoms with van der Waals surface area (Å²) in [5, 5.41) is 6.85. The average molecular weight is 399 g/mol. The molecule has 3 aromatic carbocycles. The third-order valence-electron chi connectivity index (χ3n) is 4.67. The molecule has 0 radical (unpaired) electrons. The molecule has 0 saturated heterocycles. The third-order valence-corrected chi connectivity index (χ3v) is 4.67. The van der Waals surface area contributed by atoms with Crippen LogP contribution < -0.4 is 10.7 Å².